The quantitative estimate of drug-likeness (QED) is 0.771. The fourth-order valence-electron chi connectivity index (χ4n) is 3.75. The number of hydrogen-bond acceptors (Lipinski definition) is 7. The maximum absolute atomic E-state index is 10.9. The van der Waals surface area contributed by atoms with Crippen LogP contribution in [0.3, 0.4) is 0 Å². The summed E-state index contributed by atoms with van der Waals surface area (Å²) in [5, 5.41) is 3.41. The first-order valence-corrected chi connectivity index (χ1v) is 10.2. The van der Waals surface area contributed by atoms with Crippen molar-refractivity contribution in [2.45, 2.75) is 6.92 Å². The van der Waals surface area contributed by atoms with Crippen LogP contribution in [0.4, 0.5) is 23.1 Å². The molecule has 0 atom stereocenters. The molecule has 0 spiro atoms. The van der Waals surface area contributed by atoms with Crippen molar-refractivity contribution in [2.75, 3.05) is 74.5 Å². The van der Waals surface area contributed by atoms with Gasteiger partial charge in [0, 0.05) is 75.5 Å². The smallest absolute Gasteiger partial charge is 0.227 e. The van der Waals surface area contributed by atoms with Crippen molar-refractivity contribution < 1.29 is 4.79 Å². The third-order valence-electron chi connectivity index (χ3n) is 5.60. The van der Waals surface area contributed by atoms with Gasteiger partial charge in [0.15, 0.2) is 0 Å². The second kappa shape index (κ2) is 8.65. The third-order valence-corrected chi connectivity index (χ3v) is 5.60. The van der Waals surface area contributed by atoms with Crippen molar-refractivity contribution in [3.63, 3.8) is 0 Å². The lowest BCUT2D eigenvalue weighted by molar-refractivity contribution is -0.118. The average Bonchev–Trinajstić information content (AvgIpc) is 2.75. The summed E-state index contributed by atoms with van der Waals surface area (Å²) in [5.74, 6) is 1.50. The van der Waals surface area contributed by atoms with E-state index in [1.165, 1.54) is 5.69 Å². The summed E-state index contributed by atoms with van der Waals surface area (Å²) >= 11 is 0. The maximum Gasteiger partial charge on any atom is 0.227 e. The molecule has 2 saturated heterocycles. The molecule has 0 unspecified atom stereocenters. The molecule has 0 bridgehead atoms. The highest BCUT2D eigenvalue weighted by Crippen LogP contribution is 2.23. The number of benzene rings is 1. The highest BCUT2D eigenvalue weighted by Gasteiger charge is 2.19. The zero-order valence-corrected chi connectivity index (χ0v) is 17.2. The lowest BCUT2D eigenvalue weighted by atomic mass is 10.2. The van der Waals surface area contributed by atoms with Crippen molar-refractivity contribution in [2.24, 2.45) is 0 Å². The van der Waals surface area contributed by atoms with Gasteiger partial charge in [0.05, 0.1) is 0 Å². The van der Waals surface area contributed by atoms with Gasteiger partial charge in [-0.15, -0.1) is 0 Å². The second-order valence-electron chi connectivity index (χ2n) is 7.79. The van der Waals surface area contributed by atoms with E-state index in [-0.39, 0.29) is 0 Å². The molecule has 2 aliphatic rings. The molecule has 1 N–H and O–H groups in total. The van der Waals surface area contributed by atoms with Crippen LogP contribution in [0.1, 0.15) is 5.69 Å². The van der Waals surface area contributed by atoms with E-state index >= 15 is 0 Å². The number of piperazine rings is 2. The van der Waals surface area contributed by atoms with Gasteiger partial charge in [0.1, 0.15) is 5.82 Å². The molecule has 3 heterocycles. The van der Waals surface area contributed by atoms with Crippen LogP contribution in [-0.4, -0.2) is 85.6 Å². The Kier molecular flexibility index (Phi) is 5.80. The van der Waals surface area contributed by atoms with Crippen LogP contribution in [0.25, 0.3) is 0 Å². The number of nitrogens with one attached hydrogen (secondary N) is 1. The number of aryl methyl sites for hydroxylation is 1. The molecule has 0 radical (unpaired) electrons. The summed E-state index contributed by atoms with van der Waals surface area (Å²) in [6.07, 6.45) is 0.910. The van der Waals surface area contributed by atoms with E-state index in [1.54, 1.807) is 4.90 Å². The summed E-state index contributed by atoms with van der Waals surface area (Å²) < 4.78 is 0. The number of likely N-dealkylation sites (N-methyl/N-ethyl adjacent to an activating group) is 1. The Morgan fingerprint density at radius 3 is 2.21 bits per heavy atom. The monoisotopic (exact) mass is 395 g/mol. The topological polar surface area (TPSA) is 67.8 Å². The first-order valence-electron chi connectivity index (χ1n) is 10.2. The van der Waals surface area contributed by atoms with Crippen molar-refractivity contribution in [3.05, 3.63) is 36.0 Å². The summed E-state index contributed by atoms with van der Waals surface area (Å²) in [6, 6.07) is 10.5. The number of amides is 1. The SMILES string of the molecule is Cc1cc(Nc2ccc(N3CCN(C)CC3)cc2)nc(N2CCN(C=O)CC2)n1. The molecule has 2 aromatic rings. The van der Waals surface area contributed by atoms with Crippen LogP contribution in [0.5, 0.6) is 0 Å². The van der Waals surface area contributed by atoms with Gasteiger partial charge in [-0.3, -0.25) is 4.79 Å². The van der Waals surface area contributed by atoms with Gasteiger partial charge in [0.2, 0.25) is 12.4 Å². The van der Waals surface area contributed by atoms with Crippen molar-refractivity contribution in [1.82, 2.24) is 19.8 Å². The Morgan fingerprint density at radius 2 is 1.55 bits per heavy atom. The van der Waals surface area contributed by atoms with Gasteiger partial charge >= 0.3 is 0 Å². The molecule has 2 aliphatic heterocycles. The standard InChI is InChI=1S/C21H29N7O/c1-17-15-20(24-21(22-17)28-13-9-26(16-29)10-14-28)23-18-3-5-19(6-4-18)27-11-7-25(2)8-12-27/h3-6,15-16H,7-14H2,1-2H3,(H,22,23,24). The van der Waals surface area contributed by atoms with Crippen molar-refractivity contribution in [1.29, 1.82) is 0 Å². The van der Waals surface area contributed by atoms with E-state index in [2.05, 4.69) is 56.3 Å². The zero-order chi connectivity index (χ0) is 20.2. The van der Waals surface area contributed by atoms with Crippen LogP contribution in [-0.2, 0) is 4.79 Å². The zero-order valence-electron chi connectivity index (χ0n) is 17.2. The maximum atomic E-state index is 10.9. The van der Waals surface area contributed by atoms with Gasteiger partial charge in [-0.2, -0.15) is 4.98 Å². The minimum atomic E-state index is 0.706. The normalized spacial score (nSPS) is 18.1. The molecule has 1 aromatic heterocycles. The number of anilines is 4. The molecular weight excluding hydrogens is 366 g/mol. The predicted molar refractivity (Wildman–Crippen MR) is 116 cm³/mol. The van der Waals surface area contributed by atoms with Gasteiger partial charge in [-0.25, -0.2) is 4.98 Å². The van der Waals surface area contributed by atoms with Gasteiger partial charge in [-0.05, 0) is 38.2 Å². The molecular formula is C21H29N7O. The highest BCUT2D eigenvalue weighted by atomic mass is 16.1. The first-order chi connectivity index (χ1) is 14.1. The van der Waals surface area contributed by atoms with Gasteiger partial charge in [0.25, 0.3) is 0 Å². The lowest BCUT2D eigenvalue weighted by Gasteiger charge is -2.34. The number of nitrogens with zero attached hydrogens (tertiary/aromatic N) is 6. The minimum Gasteiger partial charge on any atom is -0.369 e. The average molecular weight is 396 g/mol. The van der Waals surface area contributed by atoms with Crippen LogP contribution >= 0.6 is 0 Å². The number of rotatable bonds is 5. The Hall–Kier alpha value is -2.87. The number of hydrogen-bond donors (Lipinski definition) is 1. The Labute approximate surface area is 172 Å². The van der Waals surface area contributed by atoms with Crippen LogP contribution in [0, 0.1) is 6.92 Å². The Balaban J connectivity index is 1.42. The van der Waals surface area contributed by atoms with Crippen molar-refractivity contribution in [3.8, 4) is 0 Å². The van der Waals surface area contributed by atoms with E-state index in [9.17, 15) is 4.79 Å². The molecule has 8 heteroatoms. The third kappa shape index (κ3) is 4.76. The van der Waals surface area contributed by atoms with E-state index in [1.807, 2.05) is 13.0 Å². The molecule has 1 aromatic carbocycles. The molecule has 8 nitrogen and oxygen atoms in total. The largest absolute Gasteiger partial charge is 0.369 e. The predicted octanol–water partition coefficient (Wildman–Crippen LogP) is 1.56. The lowest BCUT2D eigenvalue weighted by Crippen LogP contribution is -2.46. The first kappa shape index (κ1) is 19.4. The van der Waals surface area contributed by atoms with E-state index in [0.29, 0.717) is 19.0 Å². The molecule has 1 amide bonds. The molecule has 154 valence electrons. The fraction of sp³-hybridized carbons (Fsp3) is 0.476. The Morgan fingerprint density at radius 1 is 0.897 bits per heavy atom. The molecule has 2 fully saturated rings. The summed E-state index contributed by atoms with van der Waals surface area (Å²) in [7, 11) is 2.17. The summed E-state index contributed by atoms with van der Waals surface area (Å²) in [6.45, 7) is 9.23. The Bertz CT molecular complexity index is 825. The van der Waals surface area contributed by atoms with E-state index in [0.717, 1.165) is 62.9 Å². The van der Waals surface area contributed by atoms with Gasteiger partial charge in [-0.1, -0.05) is 0 Å². The summed E-state index contributed by atoms with van der Waals surface area (Å²) in [5.41, 5.74) is 3.19. The highest BCUT2D eigenvalue weighted by molar-refractivity contribution is 5.62. The number of aromatic nitrogens is 2. The molecule has 29 heavy (non-hydrogen) atoms. The van der Waals surface area contributed by atoms with Crippen LogP contribution in [0.15, 0.2) is 30.3 Å². The second-order valence-corrected chi connectivity index (χ2v) is 7.79. The minimum absolute atomic E-state index is 0.706. The fourth-order valence-corrected chi connectivity index (χ4v) is 3.75. The molecule has 0 saturated carbocycles. The van der Waals surface area contributed by atoms with E-state index < -0.39 is 0 Å². The van der Waals surface area contributed by atoms with Gasteiger partial charge < -0.3 is 24.9 Å². The van der Waals surface area contributed by atoms with Crippen molar-refractivity contribution >= 4 is 29.6 Å². The van der Waals surface area contributed by atoms with Crippen LogP contribution in [0.2, 0.25) is 0 Å². The molecule has 0 aliphatic carbocycles. The summed E-state index contributed by atoms with van der Waals surface area (Å²) in [4.78, 5) is 28.9. The van der Waals surface area contributed by atoms with Crippen LogP contribution < -0.4 is 15.1 Å². The van der Waals surface area contributed by atoms with E-state index in [4.69, 9.17) is 4.98 Å². The number of carbonyl (C=O) groups is 1. The number of carbonyl (C=O) groups excluding carboxylic acids is 1. The molecule has 4 rings (SSSR count).